The summed E-state index contributed by atoms with van der Waals surface area (Å²) in [5.41, 5.74) is 6.26. The van der Waals surface area contributed by atoms with Crippen LogP contribution < -0.4 is 5.73 Å². The highest BCUT2D eigenvalue weighted by atomic mass is 32.1. The molecule has 0 saturated heterocycles. The van der Waals surface area contributed by atoms with E-state index < -0.39 is 0 Å². The van der Waals surface area contributed by atoms with Crippen molar-refractivity contribution in [2.24, 2.45) is 0 Å². The smallest absolute Gasteiger partial charge is 0.181 e. The van der Waals surface area contributed by atoms with Crippen molar-refractivity contribution in [1.82, 2.24) is 4.98 Å². The molecule has 0 atom stereocenters. The average molecular weight is 168 g/mol. The molecular weight excluding hydrogens is 160 g/mol. The van der Waals surface area contributed by atoms with Crippen LogP contribution in [0.5, 0.6) is 0 Å². The molecule has 1 aromatic rings. The first-order chi connectivity index (χ1) is 5.24. The molecule has 1 rings (SSSR count). The predicted molar refractivity (Wildman–Crippen MR) is 45.2 cm³/mol. The fourth-order valence-corrected chi connectivity index (χ4v) is 1.36. The van der Waals surface area contributed by atoms with Gasteiger partial charge in [-0.05, 0) is 6.92 Å². The van der Waals surface area contributed by atoms with E-state index in [0.29, 0.717) is 5.13 Å². The number of aryl methyl sites for hydroxylation is 1. The lowest BCUT2D eigenvalue weighted by molar-refractivity contribution is 0.350. The third kappa shape index (κ3) is 1.93. The Morgan fingerprint density at radius 3 is 2.91 bits per heavy atom. The largest absolute Gasteiger partial charge is 0.384 e. The summed E-state index contributed by atoms with van der Waals surface area (Å²) in [6.07, 6.45) is 0. The minimum Gasteiger partial charge on any atom is -0.384 e. The molecule has 0 bridgehead atoms. The minimum atomic E-state index is -0.128. The summed E-state index contributed by atoms with van der Waals surface area (Å²) in [7, 11) is 0. The predicted octanol–water partition coefficient (Wildman–Crippen LogP) is 0.378. The molecule has 0 aliphatic rings. The monoisotopic (exact) mass is 168 g/mol. The van der Waals surface area contributed by atoms with Crippen LogP contribution in [0.15, 0.2) is 0 Å². The van der Waals surface area contributed by atoms with E-state index in [0.717, 1.165) is 10.6 Å². The SMILES string of the molecule is Cc1nc(N)sc1C#CCO. The van der Waals surface area contributed by atoms with E-state index in [1.807, 2.05) is 6.92 Å². The van der Waals surface area contributed by atoms with Gasteiger partial charge in [0.05, 0.1) is 5.69 Å². The molecule has 0 radical (unpaired) electrons. The quantitative estimate of drug-likeness (QED) is 0.550. The molecule has 1 aromatic heterocycles. The van der Waals surface area contributed by atoms with E-state index in [9.17, 15) is 0 Å². The Bertz CT molecular complexity index is 308. The summed E-state index contributed by atoms with van der Waals surface area (Å²) in [6, 6.07) is 0. The summed E-state index contributed by atoms with van der Waals surface area (Å²) in [4.78, 5) is 4.81. The standard InChI is InChI=1S/C7H8N2OS/c1-5-6(3-2-4-10)11-7(8)9-5/h10H,4H2,1H3,(H2,8,9). The first-order valence-corrected chi connectivity index (χ1v) is 3.88. The van der Waals surface area contributed by atoms with Crippen LogP contribution in [0.2, 0.25) is 0 Å². The van der Waals surface area contributed by atoms with Crippen LogP contribution in [0, 0.1) is 18.8 Å². The van der Waals surface area contributed by atoms with Gasteiger partial charge in [-0.25, -0.2) is 4.98 Å². The third-order valence-corrected chi connectivity index (χ3v) is 2.00. The van der Waals surface area contributed by atoms with Crippen LogP contribution in [0.3, 0.4) is 0 Å². The molecule has 0 aromatic carbocycles. The zero-order chi connectivity index (χ0) is 8.27. The van der Waals surface area contributed by atoms with E-state index >= 15 is 0 Å². The van der Waals surface area contributed by atoms with Crippen molar-refractivity contribution in [2.45, 2.75) is 6.92 Å². The average Bonchev–Trinajstić information content (AvgIpc) is 2.26. The molecular formula is C7H8N2OS. The van der Waals surface area contributed by atoms with Gasteiger partial charge in [-0.15, -0.1) is 0 Å². The molecule has 58 valence electrons. The summed E-state index contributed by atoms with van der Waals surface area (Å²) >= 11 is 1.34. The van der Waals surface area contributed by atoms with Gasteiger partial charge in [-0.1, -0.05) is 23.2 Å². The highest BCUT2D eigenvalue weighted by Gasteiger charge is 2.00. The lowest BCUT2D eigenvalue weighted by Crippen LogP contribution is -1.80. The van der Waals surface area contributed by atoms with E-state index in [-0.39, 0.29) is 6.61 Å². The van der Waals surface area contributed by atoms with Crippen molar-refractivity contribution < 1.29 is 5.11 Å². The van der Waals surface area contributed by atoms with E-state index in [1.165, 1.54) is 11.3 Å². The molecule has 4 heteroatoms. The van der Waals surface area contributed by atoms with Gasteiger partial charge >= 0.3 is 0 Å². The highest BCUT2D eigenvalue weighted by Crippen LogP contribution is 2.17. The first kappa shape index (κ1) is 8.05. The fourth-order valence-electron chi connectivity index (χ4n) is 0.653. The van der Waals surface area contributed by atoms with Gasteiger partial charge in [0, 0.05) is 0 Å². The number of hydrogen-bond donors (Lipinski definition) is 2. The van der Waals surface area contributed by atoms with Crippen LogP contribution in [-0.4, -0.2) is 16.7 Å². The number of nitrogens with two attached hydrogens (primary N) is 1. The Kier molecular flexibility index (Phi) is 2.47. The van der Waals surface area contributed by atoms with Crippen molar-refractivity contribution >= 4 is 16.5 Å². The molecule has 0 aliphatic heterocycles. The van der Waals surface area contributed by atoms with Gasteiger partial charge in [0.15, 0.2) is 5.13 Å². The van der Waals surface area contributed by atoms with Crippen LogP contribution in [0.1, 0.15) is 10.6 Å². The second-order valence-electron chi connectivity index (χ2n) is 1.93. The maximum absolute atomic E-state index is 8.40. The zero-order valence-electron chi connectivity index (χ0n) is 6.09. The molecule has 3 nitrogen and oxygen atoms in total. The Balaban J connectivity index is 2.94. The summed E-state index contributed by atoms with van der Waals surface area (Å²) < 4.78 is 0. The van der Waals surface area contributed by atoms with Crippen molar-refractivity contribution in [2.75, 3.05) is 12.3 Å². The Labute approximate surface area is 68.9 Å². The van der Waals surface area contributed by atoms with Crippen molar-refractivity contribution in [3.8, 4) is 11.8 Å². The number of rotatable bonds is 0. The number of thiazole rings is 1. The second-order valence-corrected chi connectivity index (χ2v) is 2.96. The van der Waals surface area contributed by atoms with Crippen LogP contribution in [-0.2, 0) is 0 Å². The van der Waals surface area contributed by atoms with Gasteiger partial charge in [0.1, 0.15) is 11.5 Å². The summed E-state index contributed by atoms with van der Waals surface area (Å²) in [6.45, 7) is 1.71. The van der Waals surface area contributed by atoms with Crippen molar-refractivity contribution in [3.05, 3.63) is 10.6 Å². The molecule has 0 aliphatic carbocycles. The molecule has 0 saturated carbocycles. The zero-order valence-corrected chi connectivity index (χ0v) is 6.90. The van der Waals surface area contributed by atoms with Gasteiger partial charge in [0.25, 0.3) is 0 Å². The highest BCUT2D eigenvalue weighted by molar-refractivity contribution is 7.16. The molecule has 0 amide bonds. The fraction of sp³-hybridized carbons (Fsp3) is 0.286. The molecule has 3 N–H and O–H groups in total. The molecule has 0 fully saturated rings. The van der Waals surface area contributed by atoms with Crippen LogP contribution in [0.4, 0.5) is 5.13 Å². The Morgan fingerprint density at radius 1 is 1.73 bits per heavy atom. The van der Waals surface area contributed by atoms with Crippen LogP contribution in [0.25, 0.3) is 0 Å². The number of hydrogen-bond acceptors (Lipinski definition) is 4. The lowest BCUT2D eigenvalue weighted by Gasteiger charge is -1.79. The normalized spacial score (nSPS) is 8.91. The Morgan fingerprint density at radius 2 is 2.45 bits per heavy atom. The molecule has 0 unspecified atom stereocenters. The number of nitrogens with zero attached hydrogens (tertiary/aromatic N) is 1. The molecule has 0 spiro atoms. The van der Waals surface area contributed by atoms with Crippen molar-refractivity contribution in [3.63, 3.8) is 0 Å². The maximum Gasteiger partial charge on any atom is 0.181 e. The summed E-state index contributed by atoms with van der Waals surface area (Å²) in [5.74, 6) is 5.30. The number of aliphatic hydroxyl groups is 1. The number of nitrogen functional groups attached to an aromatic ring is 1. The Hall–Kier alpha value is -1.05. The number of aliphatic hydroxyl groups excluding tert-OH is 1. The van der Waals surface area contributed by atoms with Gasteiger partial charge in [-0.2, -0.15) is 0 Å². The minimum absolute atomic E-state index is 0.128. The number of aromatic nitrogens is 1. The second kappa shape index (κ2) is 3.37. The van der Waals surface area contributed by atoms with Crippen LogP contribution >= 0.6 is 11.3 Å². The van der Waals surface area contributed by atoms with E-state index in [2.05, 4.69) is 16.8 Å². The molecule has 1 heterocycles. The van der Waals surface area contributed by atoms with Gasteiger partial charge < -0.3 is 10.8 Å². The van der Waals surface area contributed by atoms with Gasteiger partial charge in [0.2, 0.25) is 0 Å². The number of anilines is 1. The van der Waals surface area contributed by atoms with E-state index in [1.54, 1.807) is 0 Å². The topological polar surface area (TPSA) is 59.1 Å². The summed E-state index contributed by atoms with van der Waals surface area (Å²) in [5, 5.41) is 8.92. The van der Waals surface area contributed by atoms with Gasteiger partial charge in [-0.3, -0.25) is 0 Å². The third-order valence-electron chi connectivity index (χ3n) is 1.09. The maximum atomic E-state index is 8.40. The first-order valence-electron chi connectivity index (χ1n) is 3.06. The lowest BCUT2D eigenvalue weighted by atomic mass is 10.4. The molecule has 11 heavy (non-hydrogen) atoms. The van der Waals surface area contributed by atoms with Crippen molar-refractivity contribution in [1.29, 1.82) is 0 Å². The van der Waals surface area contributed by atoms with E-state index in [4.69, 9.17) is 10.8 Å².